The molecule has 0 fully saturated rings. The minimum atomic E-state index is -0.383. The van der Waals surface area contributed by atoms with Gasteiger partial charge in [0.1, 0.15) is 11.3 Å². The summed E-state index contributed by atoms with van der Waals surface area (Å²) in [5.41, 5.74) is 3.08. The van der Waals surface area contributed by atoms with Crippen molar-refractivity contribution in [3.63, 3.8) is 0 Å². The molecular weight excluding hydrogens is 471 g/mol. The number of rotatable bonds is 4. The van der Waals surface area contributed by atoms with Crippen LogP contribution in [0.25, 0.3) is 33.9 Å². The standard InChI is InChI=1S/C24H13Cl3N2O3/c25-14-6-4-13(5-7-14)19-10-11-21(31-19)23(30)28-15-8-9-20-18(12-15)29-24(32-20)16-2-1-3-17(26)22(16)27/h1-12H,(H,28,30). The van der Waals surface area contributed by atoms with E-state index in [0.717, 1.165) is 5.56 Å². The lowest BCUT2D eigenvalue weighted by atomic mass is 10.2. The maximum Gasteiger partial charge on any atom is 0.291 e. The zero-order chi connectivity index (χ0) is 22.2. The molecule has 0 aliphatic carbocycles. The van der Waals surface area contributed by atoms with Crippen LogP contribution in [0.4, 0.5) is 5.69 Å². The number of carbonyl (C=O) groups is 1. The number of fused-ring (bicyclic) bond motifs is 1. The van der Waals surface area contributed by atoms with Gasteiger partial charge in [-0.3, -0.25) is 4.79 Å². The molecule has 0 radical (unpaired) electrons. The number of halogens is 3. The number of oxazole rings is 1. The quantitative estimate of drug-likeness (QED) is 0.281. The van der Waals surface area contributed by atoms with Crippen molar-refractivity contribution in [3.05, 3.63) is 93.6 Å². The van der Waals surface area contributed by atoms with E-state index in [9.17, 15) is 4.79 Å². The summed E-state index contributed by atoms with van der Waals surface area (Å²) in [6.45, 7) is 0. The third-order valence-corrected chi connectivity index (χ3v) is 5.86. The monoisotopic (exact) mass is 482 g/mol. The van der Waals surface area contributed by atoms with E-state index in [1.165, 1.54) is 0 Å². The topological polar surface area (TPSA) is 68.3 Å². The number of carbonyl (C=O) groups excluding carboxylic acids is 1. The summed E-state index contributed by atoms with van der Waals surface area (Å²) in [5.74, 6) is 0.712. The number of hydrogen-bond donors (Lipinski definition) is 1. The Hall–Kier alpha value is -3.25. The summed E-state index contributed by atoms with van der Waals surface area (Å²) >= 11 is 18.3. The van der Waals surface area contributed by atoms with Crippen LogP contribution in [0.5, 0.6) is 0 Å². The van der Waals surface area contributed by atoms with Crippen LogP contribution in [0.2, 0.25) is 15.1 Å². The van der Waals surface area contributed by atoms with Gasteiger partial charge in [-0.1, -0.05) is 40.9 Å². The summed E-state index contributed by atoms with van der Waals surface area (Å²) in [7, 11) is 0. The van der Waals surface area contributed by atoms with Crippen LogP contribution in [0.15, 0.2) is 81.6 Å². The summed E-state index contributed by atoms with van der Waals surface area (Å²) < 4.78 is 11.5. The number of nitrogens with one attached hydrogen (secondary N) is 1. The molecule has 0 bridgehead atoms. The van der Waals surface area contributed by atoms with Crippen LogP contribution in [0, 0.1) is 0 Å². The molecule has 0 saturated heterocycles. The van der Waals surface area contributed by atoms with Gasteiger partial charge in [0.2, 0.25) is 5.89 Å². The molecule has 0 aliphatic rings. The summed E-state index contributed by atoms with van der Waals surface area (Å²) in [5, 5.41) is 4.22. The van der Waals surface area contributed by atoms with Gasteiger partial charge in [0.25, 0.3) is 5.91 Å². The van der Waals surface area contributed by atoms with E-state index in [0.29, 0.717) is 49.1 Å². The lowest BCUT2D eigenvalue weighted by molar-refractivity contribution is 0.0997. The first-order valence-corrected chi connectivity index (χ1v) is 10.6. The van der Waals surface area contributed by atoms with Crippen molar-refractivity contribution in [1.29, 1.82) is 0 Å². The molecule has 1 amide bonds. The number of hydrogen-bond acceptors (Lipinski definition) is 4. The van der Waals surface area contributed by atoms with Gasteiger partial charge in [0.15, 0.2) is 11.3 Å². The number of nitrogens with zero attached hydrogens (tertiary/aromatic N) is 1. The molecule has 5 aromatic rings. The van der Waals surface area contributed by atoms with Gasteiger partial charge in [-0.2, -0.15) is 0 Å². The molecule has 0 spiro atoms. The fourth-order valence-corrected chi connectivity index (χ4v) is 3.72. The highest BCUT2D eigenvalue weighted by Gasteiger charge is 2.16. The second kappa shape index (κ2) is 8.36. The van der Waals surface area contributed by atoms with Crippen molar-refractivity contribution in [1.82, 2.24) is 4.98 Å². The fraction of sp³-hybridized carbons (Fsp3) is 0. The van der Waals surface area contributed by atoms with E-state index < -0.39 is 0 Å². The van der Waals surface area contributed by atoms with Crippen molar-refractivity contribution in [3.8, 4) is 22.8 Å². The predicted molar refractivity (Wildman–Crippen MR) is 127 cm³/mol. The van der Waals surface area contributed by atoms with Crippen molar-refractivity contribution in [2.24, 2.45) is 0 Å². The molecule has 1 N–H and O–H groups in total. The van der Waals surface area contributed by atoms with E-state index in [1.807, 2.05) is 12.1 Å². The number of furan rings is 1. The van der Waals surface area contributed by atoms with E-state index in [1.54, 1.807) is 60.7 Å². The zero-order valence-corrected chi connectivity index (χ0v) is 18.5. The minimum absolute atomic E-state index is 0.182. The van der Waals surface area contributed by atoms with Gasteiger partial charge in [0, 0.05) is 16.3 Å². The van der Waals surface area contributed by atoms with Crippen LogP contribution in [0.3, 0.4) is 0 Å². The van der Waals surface area contributed by atoms with Crippen LogP contribution in [-0.4, -0.2) is 10.9 Å². The fourth-order valence-electron chi connectivity index (χ4n) is 3.21. The molecule has 0 unspecified atom stereocenters. The summed E-state index contributed by atoms with van der Waals surface area (Å²) in [6, 6.07) is 20.9. The van der Waals surface area contributed by atoms with E-state index in [4.69, 9.17) is 43.6 Å². The van der Waals surface area contributed by atoms with Crippen LogP contribution in [0.1, 0.15) is 10.6 Å². The van der Waals surface area contributed by atoms with Crippen molar-refractivity contribution >= 4 is 57.5 Å². The molecule has 2 heterocycles. The Morgan fingerprint density at radius 1 is 0.875 bits per heavy atom. The predicted octanol–water partition coefficient (Wildman–Crippen LogP) is 7.97. The molecule has 5 nitrogen and oxygen atoms in total. The number of benzene rings is 3. The van der Waals surface area contributed by atoms with Gasteiger partial charge >= 0.3 is 0 Å². The highest BCUT2D eigenvalue weighted by Crippen LogP contribution is 2.35. The van der Waals surface area contributed by atoms with E-state index in [2.05, 4.69) is 10.3 Å². The minimum Gasteiger partial charge on any atom is -0.451 e. The van der Waals surface area contributed by atoms with Gasteiger partial charge in [-0.15, -0.1) is 0 Å². The average Bonchev–Trinajstić information content (AvgIpc) is 3.43. The first-order valence-electron chi connectivity index (χ1n) is 9.50. The molecule has 5 rings (SSSR count). The Bertz CT molecular complexity index is 1460. The maximum absolute atomic E-state index is 12.7. The van der Waals surface area contributed by atoms with Crippen molar-refractivity contribution in [2.45, 2.75) is 0 Å². The second-order valence-electron chi connectivity index (χ2n) is 6.93. The molecule has 8 heteroatoms. The van der Waals surface area contributed by atoms with Crippen molar-refractivity contribution < 1.29 is 13.6 Å². The summed E-state index contributed by atoms with van der Waals surface area (Å²) in [6.07, 6.45) is 0. The molecule has 2 aromatic heterocycles. The molecular formula is C24H13Cl3N2O3. The first-order chi connectivity index (χ1) is 15.5. The molecule has 158 valence electrons. The second-order valence-corrected chi connectivity index (χ2v) is 8.15. The SMILES string of the molecule is O=C(Nc1ccc2oc(-c3cccc(Cl)c3Cl)nc2c1)c1ccc(-c2ccc(Cl)cc2)o1. The molecule has 0 saturated carbocycles. The summed E-state index contributed by atoms with van der Waals surface area (Å²) in [4.78, 5) is 17.1. The normalized spacial score (nSPS) is 11.1. The number of amides is 1. The van der Waals surface area contributed by atoms with Gasteiger partial charge in [0.05, 0.1) is 15.6 Å². The molecule has 3 aromatic carbocycles. The third-order valence-electron chi connectivity index (χ3n) is 4.79. The van der Waals surface area contributed by atoms with Crippen LogP contribution < -0.4 is 5.32 Å². The van der Waals surface area contributed by atoms with E-state index >= 15 is 0 Å². The Balaban J connectivity index is 1.38. The third kappa shape index (κ3) is 3.98. The highest BCUT2D eigenvalue weighted by molar-refractivity contribution is 6.43. The average molecular weight is 484 g/mol. The van der Waals surface area contributed by atoms with Gasteiger partial charge in [-0.25, -0.2) is 4.98 Å². The molecule has 0 atom stereocenters. The Morgan fingerprint density at radius 2 is 1.69 bits per heavy atom. The zero-order valence-electron chi connectivity index (χ0n) is 16.2. The van der Waals surface area contributed by atoms with E-state index in [-0.39, 0.29) is 11.7 Å². The first kappa shape index (κ1) is 20.6. The highest BCUT2D eigenvalue weighted by atomic mass is 35.5. The van der Waals surface area contributed by atoms with Crippen LogP contribution >= 0.6 is 34.8 Å². The smallest absolute Gasteiger partial charge is 0.291 e. The number of aromatic nitrogens is 1. The Morgan fingerprint density at radius 3 is 2.50 bits per heavy atom. The van der Waals surface area contributed by atoms with Crippen LogP contribution in [-0.2, 0) is 0 Å². The molecule has 32 heavy (non-hydrogen) atoms. The largest absolute Gasteiger partial charge is 0.451 e. The van der Waals surface area contributed by atoms with Crippen molar-refractivity contribution in [2.75, 3.05) is 5.32 Å². The van der Waals surface area contributed by atoms with Gasteiger partial charge in [-0.05, 0) is 66.7 Å². The van der Waals surface area contributed by atoms with Gasteiger partial charge < -0.3 is 14.2 Å². The Labute approximate surface area is 197 Å². The maximum atomic E-state index is 12.7. The Kier molecular flexibility index (Phi) is 5.39. The lowest BCUT2D eigenvalue weighted by Gasteiger charge is -2.02. The molecule has 0 aliphatic heterocycles. The number of anilines is 1. The lowest BCUT2D eigenvalue weighted by Crippen LogP contribution is -2.10.